The molecule has 0 fully saturated rings. The first-order valence-electron chi connectivity index (χ1n) is 7.36. The molecule has 1 heterocycles. The SMILES string of the molecule is O=C(O)CCCC/C(=N\Nc1ccc(Cl)cc1)c1ccccn1. The molecule has 0 radical (unpaired) electrons. The smallest absolute Gasteiger partial charge is 0.303 e. The van der Waals surface area contributed by atoms with Crippen molar-refractivity contribution in [2.45, 2.75) is 25.7 Å². The number of unbranched alkanes of at least 4 members (excludes halogenated alkanes) is 1. The molecular formula is C17H18ClN3O2. The lowest BCUT2D eigenvalue weighted by Gasteiger charge is -2.07. The summed E-state index contributed by atoms with van der Waals surface area (Å²) >= 11 is 5.86. The second-order valence-corrected chi connectivity index (χ2v) is 5.43. The maximum absolute atomic E-state index is 10.6. The van der Waals surface area contributed by atoms with Gasteiger partial charge in [0.15, 0.2) is 0 Å². The van der Waals surface area contributed by atoms with Gasteiger partial charge in [-0.25, -0.2) is 0 Å². The Hall–Kier alpha value is -2.40. The first kappa shape index (κ1) is 17.0. The molecule has 5 nitrogen and oxygen atoms in total. The lowest BCUT2D eigenvalue weighted by atomic mass is 10.1. The molecule has 0 spiro atoms. The number of aliphatic carboxylic acids is 1. The van der Waals surface area contributed by atoms with Crippen LogP contribution in [0.4, 0.5) is 5.69 Å². The van der Waals surface area contributed by atoms with E-state index < -0.39 is 5.97 Å². The fourth-order valence-electron chi connectivity index (χ4n) is 2.00. The number of aromatic nitrogens is 1. The Morgan fingerprint density at radius 2 is 1.87 bits per heavy atom. The van der Waals surface area contributed by atoms with Crippen LogP contribution in [0.3, 0.4) is 0 Å². The number of carboxylic acids is 1. The highest BCUT2D eigenvalue weighted by Crippen LogP contribution is 2.14. The molecule has 0 amide bonds. The van der Waals surface area contributed by atoms with Crippen LogP contribution < -0.4 is 5.43 Å². The van der Waals surface area contributed by atoms with E-state index in [0.717, 1.165) is 23.5 Å². The van der Waals surface area contributed by atoms with Crippen LogP contribution in [0, 0.1) is 0 Å². The molecule has 6 heteroatoms. The molecule has 120 valence electrons. The molecule has 23 heavy (non-hydrogen) atoms. The van der Waals surface area contributed by atoms with Crippen LogP contribution in [-0.4, -0.2) is 21.8 Å². The highest BCUT2D eigenvalue weighted by Gasteiger charge is 2.06. The molecule has 0 saturated heterocycles. The maximum Gasteiger partial charge on any atom is 0.303 e. The summed E-state index contributed by atoms with van der Waals surface area (Å²) in [6.45, 7) is 0. The van der Waals surface area contributed by atoms with Gasteiger partial charge in [-0.3, -0.25) is 15.2 Å². The third kappa shape index (κ3) is 6.08. The first-order chi connectivity index (χ1) is 11.1. The summed E-state index contributed by atoms with van der Waals surface area (Å²) in [6.07, 6.45) is 3.89. The molecule has 0 atom stereocenters. The van der Waals surface area contributed by atoms with Gasteiger partial charge in [0.1, 0.15) is 0 Å². The Labute approximate surface area is 140 Å². The number of benzene rings is 1. The summed E-state index contributed by atoms with van der Waals surface area (Å²) < 4.78 is 0. The molecule has 2 N–H and O–H groups in total. The van der Waals surface area contributed by atoms with Gasteiger partial charge in [-0.1, -0.05) is 17.7 Å². The van der Waals surface area contributed by atoms with Crippen LogP contribution in [0.1, 0.15) is 31.4 Å². The molecule has 0 bridgehead atoms. The minimum atomic E-state index is -0.777. The van der Waals surface area contributed by atoms with Gasteiger partial charge in [-0.15, -0.1) is 0 Å². The highest BCUT2D eigenvalue weighted by molar-refractivity contribution is 6.30. The van der Waals surface area contributed by atoms with E-state index in [-0.39, 0.29) is 6.42 Å². The van der Waals surface area contributed by atoms with Gasteiger partial charge in [0.05, 0.1) is 17.1 Å². The van der Waals surface area contributed by atoms with E-state index >= 15 is 0 Å². The summed E-state index contributed by atoms with van der Waals surface area (Å²) in [5, 5.41) is 13.8. The number of hydrogen-bond donors (Lipinski definition) is 2. The number of carbonyl (C=O) groups is 1. The van der Waals surface area contributed by atoms with Gasteiger partial charge >= 0.3 is 5.97 Å². The lowest BCUT2D eigenvalue weighted by Crippen LogP contribution is -2.07. The number of pyridine rings is 1. The van der Waals surface area contributed by atoms with Crippen molar-refractivity contribution in [1.29, 1.82) is 0 Å². The van der Waals surface area contributed by atoms with E-state index in [0.29, 0.717) is 17.9 Å². The fourth-order valence-corrected chi connectivity index (χ4v) is 2.13. The fraction of sp³-hybridized carbons (Fsp3) is 0.235. The summed E-state index contributed by atoms with van der Waals surface area (Å²) in [4.78, 5) is 14.9. The Balaban J connectivity index is 2.04. The van der Waals surface area contributed by atoms with Crippen LogP contribution >= 0.6 is 11.6 Å². The van der Waals surface area contributed by atoms with E-state index in [1.54, 1.807) is 18.3 Å². The van der Waals surface area contributed by atoms with E-state index in [2.05, 4.69) is 15.5 Å². The number of anilines is 1. The number of nitrogens with one attached hydrogen (secondary N) is 1. The van der Waals surface area contributed by atoms with Gasteiger partial charge in [0.2, 0.25) is 0 Å². The Morgan fingerprint density at radius 1 is 1.13 bits per heavy atom. The monoisotopic (exact) mass is 331 g/mol. The van der Waals surface area contributed by atoms with Crippen molar-refractivity contribution in [3.63, 3.8) is 0 Å². The predicted octanol–water partition coefficient (Wildman–Crippen LogP) is 4.20. The summed E-state index contributed by atoms with van der Waals surface area (Å²) in [5.41, 5.74) is 5.40. The maximum atomic E-state index is 10.6. The van der Waals surface area contributed by atoms with Crippen LogP contribution in [0.25, 0.3) is 0 Å². The molecule has 0 saturated carbocycles. The number of halogens is 1. The standard InChI is InChI=1S/C17H18ClN3O2/c18-13-8-10-14(11-9-13)20-21-16(6-1-2-7-17(22)23)15-5-3-4-12-19-15/h3-5,8-12,20H,1-2,6-7H2,(H,22,23)/b21-16+. The normalized spacial score (nSPS) is 11.3. The minimum Gasteiger partial charge on any atom is -0.481 e. The highest BCUT2D eigenvalue weighted by atomic mass is 35.5. The molecule has 2 aromatic rings. The summed E-state index contributed by atoms with van der Waals surface area (Å²) in [5.74, 6) is -0.777. The number of carboxylic acid groups (broad SMARTS) is 1. The van der Waals surface area contributed by atoms with E-state index in [1.807, 2.05) is 30.3 Å². The van der Waals surface area contributed by atoms with Crippen LogP contribution in [-0.2, 0) is 4.79 Å². The van der Waals surface area contributed by atoms with E-state index in [1.165, 1.54) is 0 Å². The first-order valence-corrected chi connectivity index (χ1v) is 7.74. The molecule has 1 aromatic carbocycles. The number of rotatable bonds is 8. The van der Waals surface area contributed by atoms with Crippen molar-refractivity contribution < 1.29 is 9.90 Å². The van der Waals surface area contributed by atoms with Gasteiger partial charge < -0.3 is 5.11 Å². The van der Waals surface area contributed by atoms with Crippen molar-refractivity contribution in [2.75, 3.05) is 5.43 Å². The van der Waals surface area contributed by atoms with Crippen molar-refractivity contribution in [1.82, 2.24) is 4.98 Å². The Kier molecular flexibility index (Phi) is 6.56. The Bertz CT molecular complexity index is 657. The van der Waals surface area contributed by atoms with E-state index in [9.17, 15) is 4.79 Å². The van der Waals surface area contributed by atoms with Crippen LogP contribution in [0.15, 0.2) is 53.8 Å². The molecule has 0 unspecified atom stereocenters. The minimum absolute atomic E-state index is 0.167. The molecular weight excluding hydrogens is 314 g/mol. The van der Waals surface area contributed by atoms with Crippen molar-refractivity contribution in [3.05, 3.63) is 59.4 Å². The zero-order valence-electron chi connectivity index (χ0n) is 12.6. The molecule has 0 aliphatic rings. The lowest BCUT2D eigenvalue weighted by molar-refractivity contribution is -0.137. The molecule has 0 aliphatic heterocycles. The third-order valence-corrected chi connectivity index (χ3v) is 3.43. The molecule has 2 rings (SSSR count). The second-order valence-electron chi connectivity index (χ2n) is 4.99. The van der Waals surface area contributed by atoms with Gasteiger partial charge in [-0.05, 0) is 55.7 Å². The van der Waals surface area contributed by atoms with Crippen molar-refractivity contribution in [3.8, 4) is 0 Å². The summed E-state index contributed by atoms with van der Waals surface area (Å²) in [6, 6.07) is 12.9. The third-order valence-electron chi connectivity index (χ3n) is 3.18. The summed E-state index contributed by atoms with van der Waals surface area (Å²) in [7, 11) is 0. The number of nitrogens with zero attached hydrogens (tertiary/aromatic N) is 2. The van der Waals surface area contributed by atoms with Crippen molar-refractivity contribution in [2.24, 2.45) is 5.10 Å². The second kappa shape index (κ2) is 8.90. The average molecular weight is 332 g/mol. The zero-order valence-corrected chi connectivity index (χ0v) is 13.3. The molecule has 1 aromatic heterocycles. The average Bonchev–Trinajstić information content (AvgIpc) is 2.56. The number of hydrogen-bond acceptors (Lipinski definition) is 4. The zero-order chi connectivity index (χ0) is 16.5. The van der Waals surface area contributed by atoms with Gasteiger partial charge in [0, 0.05) is 17.6 Å². The Morgan fingerprint density at radius 3 is 2.52 bits per heavy atom. The van der Waals surface area contributed by atoms with Gasteiger partial charge in [0.25, 0.3) is 0 Å². The number of hydrazone groups is 1. The van der Waals surface area contributed by atoms with E-state index in [4.69, 9.17) is 16.7 Å². The van der Waals surface area contributed by atoms with Gasteiger partial charge in [-0.2, -0.15) is 5.10 Å². The van der Waals surface area contributed by atoms with Crippen LogP contribution in [0.5, 0.6) is 0 Å². The molecule has 0 aliphatic carbocycles. The topological polar surface area (TPSA) is 74.6 Å². The van der Waals surface area contributed by atoms with Crippen LogP contribution in [0.2, 0.25) is 5.02 Å². The van der Waals surface area contributed by atoms with Crippen molar-refractivity contribution >= 4 is 29.0 Å². The quantitative estimate of drug-likeness (QED) is 0.432. The largest absolute Gasteiger partial charge is 0.481 e. The predicted molar refractivity (Wildman–Crippen MR) is 92.0 cm³/mol.